The van der Waals surface area contributed by atoms with Crippen LogP contribution in [0, 0.1) is 5.92 Å². The lowest BCUT2D eigenvalue weighted by Gasteiger charge is -2.16. The smallest absolute Gasteiger partial charge is 0.191 e. The zero-order chi connectivity index (χ0) is 18.5. The van der Waals surface area contributed by atoms with E-state index >= 15 is 0 Å². The molecule has 0 saturated carbocycles. The van der Waals surface area contributed by atoms with Crippen molar-refractivity contribution >= 4 is 5.96 Å². The van der Waals surface area contributed by atoms with Crippen molar-refractivity contribution < 1.29 is 14.6 Å². The molecule has 6 heteroatoms. The molecular formula is C19H33N3O3. The molecule has 6 nitrogen and oxygen atoms in total. The van der Waals surface area contributed by atoms with E-state index < -0.39 is 6.10 Å². The number of benzene rings is 1. The van der Waals surface area contributed by atoms with Gasteiger partial charge in [-0.3, -0.25) is 0 Å². The fourth-order valence-electron chi connectivity index (χ4n) is 2.15. The van der Waals surface area contributed by atoms with Crippen LogP contribution in [-0.4, -0.2) is 50.1 Å². The minimum Gasteiger partial charge on any atom is -0.494 e. The van der Waals surface area contributed by atoms with Crippen LogP contribution in [0.3, 0.4) is 0 Å². The minimum absolute atomic E-state index is 0.317. The van der Waals surface area contributed by atoms with Crippen LogP contribution in [0.5, 0.6) is 5.75 Å². The van der Waals surface area contributed by atoms with E-state index in [1.807, 2.05) is 38.1 Å². The van der Waals surface area contributed by atoms with Gasteiger partial charge in [0.1, 0.15) is 5.75 Å². The molecule has 0 fully saturated rings. The SMILES string of the molecule is CCNC(=NCc1ccccc1OCC)NCC(O)COCC(C)C. The maximum absolute atomic E-state index is 9.99. The average molecular weight is 351 g/mol. The Morgan fingerprint density at radius 1 is 1.16 bits per heavy atom. The van der Waals surface area contributed by atoms with Gasteiger partial charge < -0.3 is 25.2 Å². The van der Waals surface area contributed by atoms with E-state index in [1.54, 1.807) is 0 Å². The first-order valence-electron chi connectivity index (χ1n) is 9.05. The highest BCUT2D eigenvalue weighted by Gasteiger charge is 2.07. The van der Waals surface area contributed by atoms with E-state index in [2.05, 4.69) is 29.5 Å². The lowest BCUT2D eigenvalue weighted by atomic mass is 10.2. The summed E-state index contributed by atoms with van der Waals surface area (Å²) in [5.74, 6) is 1.98. The van der Waals surface area contributed by atoms with E-state index in [0.717, 1.165) is 17.9 Å². The van der Waals surface area contributed by atoms with Crippen molar-refractivity contribution in [1.29, 1.82) is 0 Å². The monoisotopic (exact) mass is 351 g/mol. The number of ether oxygens (including phenoxy) is 2. The molecule has 1 rings (SSSR count). The van der Waals surface area contributed by atoms with Gasteiger partial charge in [-0.15, -0.1) is 0 Å². The van der Waals surface area contributed by atoms with Crippen molar-refractivity contribution in [2.45, 2.75) is 40.3 Å². The second-order valence-electron chi connectivity index (χ2n) is 6.20. The summed E-state index contributed by atoms with van der Waals surface area (Å²) in [4.78, 5) is 4.57. The van der Waals surface area contributed by atoms with Crippen LogP contribution >= 0.6 is 0 Å². The van der Waals surface area contributed by atoms with E-state index in [-0.39, 0.29) is 0 Å². The third-order valence-corrected chi connectivity index (χ3v) is 3.29. The number of nitrogens with one attached hydrogen (secondary N) is 2. The van der Waals surface area contributed by atoms with Gasteiger partial charge in [0.25, 0.3) is 0 Å². The second-order valence-corrected chi connectivity index (χ2v) is 6.20. The number of hydrogen-bond acceptors (Lipinski definition) is 4. The molecule has 0 heterocycles. The first-order chi connectivity index (χ1) is 12.1. The maximum atomic E-state index is 9.99. The molecule has 142 valence electrons. The van der Waals surface area contributed by atoms with Crippen LogP contribution < -0.4 is 15.4 Å². The topological polar surface area (TPSA) is 75.1 Å². The van der Waals surface area contributed by atoms with E-state index in [9.17, 15) is 5.11 Å². The van der Waals surface area contributed by atoms with Gasteiger partial charge in [0.15, 0.2) is 5.96 Å². The third kappa shape index (κ3) is 9.31. The zero-order valence-corrected chi connectivity index (χ0v) is 15.9. The van der Waals surface area contributed by atoms with Crippen LogP contribution in [0.1, 0.15) is 33.3 Å². The van der Waals surface area contributed by atoms with E-state index in [0.29, 0.717) is 44.8 Å². The second kappa shape index (κ2) is 12.6. The molecule has 3 N–H and O–H groups in total. The first kappa shape index (κ1) is 21.3. The number of para-hydroxylation sites is 1. The molecular weight excluding hydrogens is 318 g/mol. The predicted octanol–water partition coefficient (Wildman–Crippen LogP) is 2.17. The zero-order valence-electron chi connectivity index (χ0n) is 15.9. The van der Waals surface area contributed by atoms with E-state index in [1.165, 1.54) is 0 Å². The van der Waals surface area contributed by atoms with Gasteiger partial charge in [0.2, 0.25) is 0 Å². The first-order valence-corrected chi connectivity index (χ1v) is 9.05. The number of guanidine groups is 1. The summed E-state index contributed by atoms with van der Waals surface area (Å²) in [5, 5.41) is 16.3. The van der Waals surface area contributed by atoms with Crippen molar-refractivity contribution in [3.05, 3.63) is 29.8 Å². The molecule has 1 unspecified atom stereocenters. The third-order valence-electron chi connectivity index (χ3n) is 3.29. The van der Waals surface area contributed by atoms with Crippen LogP contribution in [-0.2, 0) is 11.3 Å². The summed E-state index contributed by atoms with van der Waals surface area (Å²) >= 11 is 0. The maximum Gasteiger partial charge on any atom is 0.191 e. The quantitative estimate of drug-likeness (QED) is 0.421. The highest BCUT2D eigenvalue weighted by molar-refractivity contribution is 5.79. The molecule has 25 heavy (non-hydrogen) atoms. The Hall–Kier alpha value is -1.79. The van der Waals surface area contributed by atoms with Gasteiger partial charge in [-0.05, 0) is 25.8 Å². The predicted molar refractivity (Wildman–Crippen MR) is 102 cm³/mol. The Morgan fingerprint density at radius 3 is 2.60 bits per heavy atom. The Morgan fingerprint density at radius 2 is 1.92 bits per heavy atom. The standard InChI is InChI=1S/C19H33N3O3/c1-5-20-19(22-12-17(23)14-24-13-15(3)4)21-11-16-9-7-8-10-18(16)25-6-2/h7-10,15,17,23H,5-6,11-14H2,1-4H3,(H2,20,21,22). The number of aliphatic imine (C=N–C) groups is 1. The summed E-state index contributed by atoms with van der Waals surface area (Å²) in [7, 11) is 0. The number of hydrogen-bond donors (Lipinski definition) is 3. The summed E-state index contributed by atoms with van der Waals surface area (Å²) < 4.78 is 11.1. The normalized spacial score (nSPS) is 13.0. The van der Waals surface area contributed by atoms with Crippen molar-refractivity contribution in [2.75, 3.05) is 32.9 Å². The Bertz CT molecular complexity index is 506. The Kier molecular flexibility index (Phi) is 10.7. The molecule has 0 aliphatic rings. The summed E-state index contributed by atoms with van der Waals surface area (Å²) in [5.41, 5.74) is 1.03. The fourth-order valence-corrected chi connectivity index (χ4v) is 2.15. The van der Waals surface area contributed by atoms with Crippen molar-refractivity contribution in [1.82, 2.24) is 10.6 Å². The lowest BCUT2D eigenvalue weighted by molar-refractivity contribution is 0.0280. The molecule has 0 saturated heterocycles. The van der Waals surface area contributed by atoms with Gasteiger partial charge in [0.05, 0.1) is 25.9 Å². The Balaban J connectivity index is 2.54. The van der Waals surface area contributed by atoms with Gasteiger partial charge >= 0.3 is 0 Å². The summed E-state index contributed by atoms with van der Waals surface area (Å²) in [6.07, 6.45) is -0.571. The summed E-state index contributed by atoms with van der Waals surface area (Å²) in [6.45, 7) is 11.4. The average Bonchev–Trinajstić information content (AvgIpc) is 2.58. The number of rotatable bonds is 11. The van der Waals surface area contributed by atoms with Crippen molar-refractivity contribution in [3.63, 3.8) is 0 Å². The van der Waals surface area contributed by atoms with Crippen LogP contribution in [0.4, 0.5) is 0 Å². The molecule has 1 atom stereocenters. The van der Waals surface area contributed by atoms with Gasteiger partial charge in [0, 0.05) is 25.3 Å². The molecule has 0 bridgehead atoms. The molecule has 0 spiro atoms. The van der Waals surface area contributed by atoms with Gasteiger partial charge in [-0.1, -0.05) is 32.0 Å². The molecule has 1 aromatic rings. The molecule has 0 aliphatic carbocycles. The largest absolute Gasteiger partial charge is 0.494 e. The van der Waals surface area contributed by atoms with Crippen molar-refractivity contribution in [2.24, 2.45) is 10.9 Å². The number of nitrogens with zero attached hydrogens (tertiary/aromatic N) is 1. The van der Waals surface area contributed by atoms with Crippen LogP contribution in [0.25, 0.3) is 0 Å². The van der Waals surface area contributed by atoms with Gasteiger partial charge in [-0.25, -0.2) is 4.99 Å². The highest BCUT2D eigenvalue weighted by atomic mass is 16.5. The lowest BCUT2D eigenvalue weighted by Crippen LogP contribution is -2.42. The van der Waals surface area contributed by atoms with Gasteiger partial charge in [-0.2, -0.15) is 0 Å². The minimum atomic E-state index is -0.571. The Labute approximate surface area is 151 Å². The number of aliphatic hydroxyl groups is 1. The summed E-state index contributed by atoms with van der Waals surface area (Å²) in [6, 6.07) is 7.88. The van der Waals surface area contributed by atoms with E-state index in [4.69, 9.17) is 9.47 Å². The number of aliphatic hydroxyl groups excluding tert-OH is 1. The molecule has 0 radical (unpaired) electrons. The van der Waals surface area contributed by atoms with Crippen LogP contribution in [0.15, 0.2) is 29.3 Å². The molecule has 1 aromatic carbocycles. The van der Waals surface area contributed by atoms with Crippen molar-refractivity contribution in [3.8, 4) is 5.75 Å². The molecule has 0 aliphatic heterocycles. The molecule has 0 aromatic heterocycles. The highest BCUT2D eigenvalue weighted by Crippen LogP contribution is 2.18. The fraction of sp³-hybridized carbons (Fsp3) is 0.632. The molecule has 0 amide bonds. The van der Waals surface area contributed by atoms with Crippen LogP contribution in [0.2, 0.25) is 0 Å².